The van der Waals surface area contributed by atoms with Crippen LogP contribution in [0, 0.1) is 17.8 Å². The Kier molecular flexibility index (Phi) is 59.6. The molecule has 0 fully saturated rings. The molecule has 0 saturated carbocycles. The number of carbonyl (C=O) groups excluding carboxylic acids is 4. The van der Waals surface area contributed by atoms with Gasteiger partial charge < -0.3 is 33.8 Å². The molecule has 0 aromatic rings. The van der Waals surface area contributed by atoms with E-state index in [9.17, 15) is 43.2 Å². The largest absolute Gasteiger partial charge is 0.472 e. The Morgan fingerprint density at radius 3 is 0.854 bits per heavy atom. The van der Waals surface area contributed by atoms with Gasteiger partial charge in [-0.15, -0.1) is 0 Å². The molecule has 0 heterocycles. The molecule has 0 saturated heterocycles. The Hall–Kier alpha value is -1.94. The van der Waals surface area contributed by atoms with E-state index in [1.807, 2.05) is 0 Å². The number of hydrogen-bond donors (Lipinski definition) is 3. The molecule has 0 aliphatic rings. The van der Waals surface area contributed by atoms with Crippen molar-refractivity contribution in [2.45, 2.75) is 369 Å². The minimum Gasteiger partial charge on any atom is -0.462 e. The van der Waals surface area contributed by atoms with Crippen LogP contribution in [0.2, 0.25) is 0 Å². The van der Waals surface area contributed by atoms with Crippen molar-refractivity contribution in [3.63, 3.8) is 0 Å². The third kappa shape index (κ3) is 62.0. The number of carbonyl (C=O) groups is 4. The summed E-state index contributed by atoms with van der Waals surface area (Å²) in [7, 11) is -9.90. The van der Waals surface area contributed by atoms with Gasteiger partial charge in [-0.3, -0.25) is 37.3 Å². The van der Waals surface area contributed by atoms with Crippen molar-refractivity contribution in [2.24, 2.45) is 17.8 Å². The second-order valence-corrected chi connectivity index (χ2v) is 29.1. The van der Waals surface area contributed by atoms with E-state index in [2.05, 4.69) is 48.5 Å². The highest BCUT2D eigenvalue weighted by Crippen LogP contribution is 2.45. The third-order valence-electron chi connectivity index (χ3n) is 16.9. The lowest BCUT2D eigenvalue weighted by Crippen LogP contribution is -2.30. The van der Waals surface area contributed by atoms with Crippen molar-refractivity contribution in [3.05, 3.63) is 0 Å². The highest BCUT2D eigenvalue weighted by Gasteiger charge is 2.30. The molecule has 0 aliphatic heterocycles. The van der Waals surface area contributed by atoms with Gasteiger partial charge in [0.2, 0.25) is 0 Å². The third-order valence-corrected chi connectivity index (χ3v) is 18.8. The fraction of sp³-hybridized carbons (Fsp3) is 0.943. The van der Waals surface area contributed by atoms with Gasteiger partial charge in [0.05, 0.1) is 26.4 Å². The summed E-state index contributed by atoms with van der Waals surface area (Å²) in [5, 5.41) is 10.6. The summed E-state index contributed by atoms with van der Waals surface area (Å²) in [6.07, 6.45) is 44.4. The van der Waals surface area contributed by atoms with Crippen LogP contribution in [0.25, 0.3) is 0 Å². The van der Waals surface area contributed by atoms with Gasteiger partial charge in [0.15, 0.2) is 12.2 Å². The van der Waals surface area contributed by atoms with Crippen LogP contribution in [0.15, 0.2) is 0 Å². The number of ether oxygens (including phenoxy) is 4. The summed E-state index contributed by atoms with van der Waals surface area (Å²) in [4.78, 5) is 72.5. The quantitative estimate of drug-likeness (QED) is 0.0222. The fourth-order valence-corrected chi connectivity index (χ4v) is 12.1. The van der Waals surface area contributed by atoms with Crippen molar-refractivity contribution >= 4 is 39.5 Å². The molecule has 89 heavy (non-hydrogen) atoms. The maximum Gasteiger partial charge on any atom is 0.472 e. The molecule has 17 nitrogen and oxygen atoms in total. The topological polar surface area (TPSA) is 237 Å². The van der Waals surface area contributed by atoms with E-state index in [1.54, 1.807) is 0 Å². The molecular weight excluding hydrogens is 1170 g/mol. The second-order valence-electron chi connectivity index (χ2n) is 26.2. The predicted octanol–water partition coefficient (Wildman–Crippen LogP) is 19.8. The number of phosphoric ester groups is 2. The van der Waals surface area contributed by atoms with Crippen LogP contribution in [0.1, 0.15) is 350 Å². The molecule has 3 N–H and O–H groups in total. The van der Waals surface area contributed by atoms with Gasteiger partial charge in [0.1, 0.15) is 19.3 Å². The van der Waals surface area contributed by atoms with Crippen LogP contribution in [0.5, 0.6) is 0 Å². The van der Waals surface area contributed by atoms with E-state index in [-0.39, 0.29) is 25.7 Å². The summed E-state index contributed by atoms with van der Waals surface area (Å²) < 4.78 is 68.3. The van der Waals surface area contributed by atoms with Crippen molar-refractivity contribution in [3.8, 4) is 0 Å². The monoisotopic (exact) mass is 1310 g/mol. The molecule has 0 aromatic carbocycles. The standard InChI is InChI=1S/C70H136O17P2/c1-8-11-12-13-14-15-16-18-22-25-28-37-44-51-67(72)80-57-65(86-69(74)53-46-39-29-26-23-20-17-19-21-24-27-34-41-48-61(4)5)59-84-88(76,77)82-55-64(71)56-83-89(78,79)85-60-66(87-70(75)54-47-40-33-31-36-43-50-63(7)10-3)58-81-68(73)52-45-38-32-30-35-42-49-62(6)9-2/h61-66,71H,8-60H2,1-7H3,(H,76,77)(H,78,79)/t62?,63?,64-,65-,66-/m1/s1. The van der Waals surface area contributed by atoms with Gasteiger partial charge in [0.25, 0.3) is 0 Å². The van der Waals surface area contributed by atoms with Gasteiger partial charge in [0, 0.05) is 25.7 Å². The van der Waals surface area contributed by atoms with Crippen molar-refractivity contribution in [2.75, 3.05) is 39.6 Å². The Morgan fingerprint density at radius 1 is 0.326 bits per heavy atom. The minimum absolute atomic E-state index is 0.102. The number of unbranched alkanes of at least 4 members (excludes halogenated alkanes) is 34. The molecule has 7 atom stereocenters. The highest BCUT2D eigenvalue weighted by atomic mass is 31.2. The zero-order valence-corrected chi connectivity index (χ0v) is 59.7. The molecule has 0 spiro atoms. The summed E-state index contributed by atoms with van der Waals surface area (Å²) in [6, 6.07) is 0. The van der Waals surface area contributed by atoms with E-state index in [0.29, 0.717) is 25.7 Å². The molecule has 528 valence electrons. The highest BCUT2D eigenvalue weighted by molar-refractivity contribution is 7.47. The Labute approximate surface area is 543 Å². The first-order chi connectivity index (χ1) is 42.8. The second kappa shape index (κ2) is 61.0. The zero-order valence-electron chi connectivity index (χ0n) is 57.9. The van der Waals surface area contributed by atoms with E-state index in [1.165, 1.54) is 154 Å². The number of hydrogen-bond acceptors (Lipinski definition) is 15. The average Bonchev–Trinajstić information content (AvgIpc) is 3.51. The van der Waals surface area contributed by atoms with Crippen LogP contribution < -0.4 is 0 Å². The van der Waals surface area contributed by atoms with Crippen molar-refractivity contribution in [1.29, 1.82) is 0 Å². The van der Waals surface area contributed by atoms with E-state index >= 15 is 0 Å². The normalized spacial score (nSPS) is 14.8. The predicted molar refractivity (Wildman–Crippen MR) is 358 cm³/mol. The molecule has 0 rings (SSSR count). The lowest BCUT2D eigenvalue weighted by molar-refractivity contribution is -0.161. The maximum absolute atomic E-state index is 13.0. The van der Waals surface area contributed by atoms with Gasteiger partial charge >= 0.3 is 39.5 Å². The van der Waals surface area contributed by atoms with Gasteiger partial charge in [-0.2, -0.15) is 0 Å². The summed E-state index contributed by atoms with van der Waals surface area (Å²) in [5.74, 6) is 0.109. The van der Waals surface area contributed by atoms with Gasteiger partial charge in [-0.05, 0) is 43.4 Å². The molecule has 19 heteroatoms. The number of esters is 4. The molecule has 4 unspecified atom stereocenters. The molecule has 0 aliphatic carbocycles. The SMILES string of the molecule is CCCCCCCCCCCCCCCC(=O)OC[C@H](COP(=O)(O)OC[C@@H](O)COP(=O)(O)OC[C@@H](COC(=O)CCCCCCCCC(C)CC)OC(=O)CCCCCCCCC(C)CC)OC(=O)CCCCCCCCCCCCCCCC(C)C. The first-order valence-corrected chi connectivity index (χ1v) is 39.4. The first-order valence-electron chi connectivity index (χ1n) is 36.4. The van der Waals surface area contributed by atoms with E-state index in [0.717, 1.165) is 114 Å². The van der Waals surface area contributed by atoms with Crippen LogP contribution in [0.3, 0.4) is 0 Å². The first kappa shape index (κ1) is 87.1. The summed E-state index contributed by atoms with van der Waals surface area (Å²) in [5.41, 5.74) is 0. The zero-order chi connectivity index (χ0) is 65.9. The Bertz CT molecular complexity index is 1750. The number of phosphoric acid groups is 2. The molecule has 0 aromatic heterocycles. The molecule has 0 bridgehead atoms. The van der Waals surface area contributed by atoms with Crippen LogP contribution in [0.4, 0.5) is 0 Å². The van der Waals surface area contributed by atoms with Crippen LogP contribution in [-0.4, -0.2) is 96.7 Å². The lowest BCUT2D eigenvalue weighted by atomic mass is 10.00. The van der Waals surface area contributed by atoms with Crippen molar-refractivity contribution in [1.82, 2.24) is 0 Å². The lowest BCUT2D eigenvalue weighted by Gasteiger charge is -2.21. The van der Waals surface area contributed by atoms with Crippen molar-refractivity contribution < 1.29 is 80.2 Å². The van der Waals surface area contributed by atoms with Gasteiger partial charge in [-0.25, -0.2) is 9.13 Å². The smallest absolute Gasteiger partial charge is 0.462 e. The molecule has 0 amide bonds. The molecule has 0 radical (unpaired) electrons. The Balaban J connectivity index is 5.25. The summed E-state index contributed by atoms with van der Waals surface area (Å²) >= 11 is 0. The fourth-order valence-electron chi connectivity index (χ4n) is 10.5. The minimum atomic E-state index is -4.95. The summed E-state index contributed by atoms with van der Waals surface area (Å²) in [6.45, 7) is 11.8. The van der Waals surface area contributed by atoms with Gasteiger partial charge in [-0.1, -0.05) is 299 Å². The maximum atomic E-state index is 13.0. The number of aliphatic hydroxyl groups excluding tert-OH is 1. The molecular formula is C70H136O17P2. The van der Waals surface area contributed by atoms with E-state index < -0.39 is 97.5 Å². The average molecular weight is 1310 g/mol. The number of rotatable bonds is 68. The van der Waals surface area contributed by atoms with E-state index in [4.69, 9.17) is 37.0 Å². The number of aliphatic hydroxyl groups is 1. The van der Waals surface area contributed by atoms with Crippen LogP contribution in [-0.2, 0) is 65.4 Å². The van der Waals surface area contributed by atoms with Crippen LogP contribution >= 0.6 is 15.6 Å². The Morgan fingerprint density at radius 2 is 0.573 bits per heavy atom.